The highest BCUT2D eigenvalue weighted by Gasteiger charge is 2.32. The zero-order valence-electron chi connectivity index (χ0n) is 21.9. The number of pyridine rings is 1. The van der Waals surface area contributed by atoms with Crippen molar-refractivity contribution in [3.05, 3.63) is 90.6 Å². The van der Waals surface area contributed by atoms with Crippen LogP contribution in [-0.2, 0) is 13.5 Å². The first kappa shape index (κ1) is 26.4. The Morgan fingerprint density at radius 1 is 1.10 bits per heavy atom. The van der Waals surface area contributed by atoms with Crippen LogP contribution in [0.1, 0.15) is 43.9 Å². The van der Waals surface area contributed by atoms with E-state index in [-0.39, 0.29) is 40.4 Å². The molecule has 8 nitrogen and oxygen atoms in total. The van der Waals surface area contributed by atoms with Crippen LogP contribution in [0.15, 0.2) is 56.8 Å². The number of nitrogens with one attached hydrogen (secondary N) is 2. The predicted molar refractivity (Wildman–Crippen MR) is 156 cm³/mol. The van der Waals surface area contributed by atoms with Crippen LogP contribution in [-0.4, -0.2) is 19.5 Å². The fraction of sp³-hybridized carbons (Fsp3) is 0.276. The van der Waals surface area contributed by atoms with Gasteiger partial charge in [-0.15, -0.1) is 6.42 Å². The Labute approximate surface area is 228 Å². The average molecular weight is 546 g/mol. The molecule has 1 fully saturated rings. The number of anilines is 3. The Morgan fingerprint density at radius 3 is 2.51 bits per heavy atom. The zero-order valence-corrected chi connectivity index (χ0v) is 22.7. The molecule has 0 spiro atoms. The zero-order chi connectivity index (χ0) is 27.8. The minimum Gasteiger partial charge on any atom is -0.338 e. The van der Waals surface area contributed by atoms with Gasteiger partial charge in [0.1, 0.15) is 17.0 Å². The fourth-order valence-electron chi connectivity index (χ4n) is 4.75. The molecule has 1 saturated carbocycles. The van der Waals surface area contributed by atoms with Crippen LogP contribution >= 0.6 is 11.9 Å². The molecule has 5 rings (SSSR count). The molecular formula is C29H28FN5O3S. The van der Waals surface area contributed by atoms with Crippen molar-refractivity contribution in [2.45, 2.75) is 39.2 Å². The smallest absolute Gasteiger partial charge is 0.336 e. The highest BCUT2D eigenvalue weighted by Crippen LogP contribution is 2.34. The summed E-state index contributed by atoms with van der Waals surface area (Å²) in [6.45, 7) is 3.82. The minimum absolute atomic E-state index is 0.0486. The second-order valence-corrected chi connectivity index (χ2v) is 10.4. The van der Waals surface area contributed by atoms with E-state index in [4.69, 9.17) is 6.42 Å². The first-order valence-electron chi connectivity index (χ1n) is 12.7. The summed E-state index contributed by atoms with van der Waals surface area (Å²) in [6, 6.07) is 11.3. The number of aromatic nitrogens is 3. The number of fused-ring (bicyclic) bond motifs is 1. The predicted octanol–water partition coefficient (Wildman–Crippen LogP) is 4.69. The molecule has 1 aliphatic carbocycles. The molecule has 0 unspecified atom stereocenters. The number of terminal acetylenes is 1. The second-order valence-electron chi connectivity index (χ2n) is 9.34. The van der Waals surface area contributed by atoms with E-state index in [1.165, 1.54) is 44.8 Å². The van der Waals surface area contributed by atoms with Crippen molar-refractivity contribution in [1.29, 1.82) is 0 Å². The van der Waals surface area contributed by atoms with Gasteiger partial charge in [-0.2, -0.15) is 0 Å². The number of aryl methyl sites for hydroxylation is 1. The van der Waals surface area contributed by atoms with Gasteiger partial charge < -0.3 is 10.0 Å². The standard InChI is InChI=1S/C29H28FN5O3S/c1-5-17-11-14-23(22(30)15-17)31-26-24-25(21(6-2)27(36)33(26)4)34(29(38)35(28(24)37)19-12-13-19)20-10-8-9-18(16-20)32-39-7-3/h1,8-11,14-16,19,31-32H,6-7,12-13H2,2-4H3. The highest BCUT2D eigenvalue weighted by atomic mass is 32.2. The maximum absolute atomic E-state index is 15.0. The van der Waals surface area contributed by atoms with E-state index in [0.29, 0.717) is 29.7 Å². The molecule has 0 aliphatic heterocycles. The fourth-order valence-corrected chi connectivity index (χ4v) is 5.19. The Bertz CT molecular complexity index is 1830. The molecule has 2 aromatic heterocycles. The van der Waals surface area contributed by atoms with Crippen molar-refractivity contribution in [3.8, 4) is 18.0 Å². The average Bonchev–Trinajstić information content (AvgIpc) is 3.76. The third kappa shape index (κ3) is 4.63. The lowest BCUT2D eigenvalue weighted by molar-refractivity contribution is 0.630. The van der Waals surface area contributed by atoms with Crippen LogP contribution in [0.2, 0.25) is 0 Å². The molecule has 0 amide bonds. The van der Waals surface area contributed by atoms with E-state index in [1.54, 1.807) is 19.1 Å². The topological polar surface area (TPSA) is 90.1 Å². The Morgan fingerprint density at radius 2 is 1.87 bits per heavy atom. The van der Waals surface area contributed by atoms with Crippen LogP contribution in [0.5, 0.6) is 0 Å². The van der Waals surface area contributed by atoms with Crippen molar-refractivity contribution in [2.75, 3.05) is 15.8 Å². The maximum Gasteiger partial charge on any atom is 0.336 e. The lowest BCUT2D eigenvalue weighted by Gasteiger charge is -2.21. The molecule has 2 aromatic carbocycles. The lowest BCUT2D eigenvalue weighted by Crippen LogP contribution is -2.41. The van der Waals surface area contributed by atoms with Crippen molar-refractivity contribution in [3.63, 3.8) is 0 Å². The third-order valence-corrected chi connectivity index (χ3v) is 7.47. The minimum atomic E-state index is -0.631. The molecule has 10 heteroatoms. The Kier molecular flexibility index (Phi) is 7.10. The van der Waals surface area contributed by atoms with Gasteiger partial charge >= 0.3 is 5.69 Å². The van der Waals surface area contributed by atoms with E-state index < -0.39 is 17.1 Å². The van der Waals surface area contributed by atoms with Gasteiger partial charge in [-0.25, -0.2) is 9.18 Å². The summed E-state index contributed by atoms with van der Waals surface area (Å²) in [5, 5.41) is 3.11. The summed E-state index contributed by atoms with van der Waals surface area (Å²) in [5.41, 5.74) is 0.826. The van der Waals surface area contributed by atoms with Crippen LogP contribution < -0.4 is 26.8 Å². The number of hydrogen-bond donors (Lipinski definition) is 2. The molecule has 4 aromatic rings. The molecule has 39 heavy (non-hydrogen) atoms. The molecule has 200 valence electrons. The summed E-state index contributed by atoms with van der Waals surface area (Å²) in [7, 11) is 1.53. The van der Waals surface area contributed by atoms with E-state index in [9.17, 15) is 18.8 Å². The number of benzene rings is 2. The Hall–Kier alpha value is -4.23. The summed E-state index contributed by atoms with van der Waals surface area (Å²) >= 11 is 1.51. The first-order chi connectivity index (χ1) is 18.8. The molecule has 2 heterocycles. The Balaban J connectivity index is 1.89. The molecule has 2 N–H and O–H groups in total. The first-order valence-corrected chi connectivity index (χ1v) is 13.7. The normalized spacial score (nSPS) is 12.9. The van der Waals surface area contributed by atoms with Gasteiger partial charge in [-0.1, -0.05) is 37.8 Å². The quantitative estimate of drug-likeness (QED) is 0.247. The molecule has 0 radical (unpaired) electrons. The van der Waals surface area contributed by atoms with Gasteiger partial charge in [-0.3, -0.25) is 23.3 Å². The van der Waals surface area contributed by atoms with E-state index in [2.05, 4.69) is 16.0 Å². The summed E-state index contributed by atoms with van der Waals surface area (Å²) < 4.78 is 22.2. The lowest BCUT2D eigenvalue weighted by atomic mass is 10.1. The van der Waals surface area contributed by atoms with E-state index >= 15 is 0 Å². The molecule has 1 aliphatic rings. The number of hydrogen-bond acceptors (Lipinski definition) is 6. The van der Waals surface area contributed by atoms with Gasteiger partial charge in [0, 0.05) is 35.7 Å². The molecule has 0 bridgehead atoms. The highest BCUT2D eigenvalue weighted by molar-refractivity contribution is 8.00. The number of nitrogens with zero attached hydrogens (tertiary/aromatic N) is 3. The van der Waals surface area contributed by atoms with Crippen LogP contribution in [0.4, 0.5) is 21.6 Å². The van der Waals surface area contributed by atoms with Gasteiger partial charge in [0.15, 0.2) is 0 Å². The van der Waals surface area contributed by atoms with Crippen molar-refractivity contribution >= 4 is 40.0 Å². The van der Waals surface area contributed by atoms with Crippen molar-refractivity contribution in [2.24, 2.45) is 7.05 Å². The number of rotatable bonds is 8. The van der Waals surface area contributed by atoms with Gasteiger partial charge in [0.05, 0.1) is 16.9 Å². The van der Waals surface area contributed by atoms with Crippen LogP contribution in [0.3, 0.4) is 0 Å². The van der Waals surface area contributed by atoms with Crippen molar-refractivity contribution < 1.29 is 4.39 Å². The SMILES string of the molecule is C#Cc1ccc(Nc2c3c(=O)n(C4CC4)c(=O)n(-c4cccc(NSCC)c4)c3c(CC)c(=O)n2C)c(F)c1. The van der Waals surface area contributed by atoms with Crippen LogP contribution in [0, 0.1) is 18.2 Å². The molecule has 0 saturated heterocycles. The van der Waals surface area contributed by atoms with Crippen LogP contribution in [0.25, 0.3) is 16.6 Å². The number of halogens is 1. The second kappa shape index (κ2) is 10.5. The van der Waals surface area contributed by atoms with Gasteiger partial charge in [0.2, 0.25) is 0 Å². The summed E-state index contributed by atoms with van der Waals surface area (Å²) in [6.07, 6.45) is 7.09. The largest absolute Gasteiger partial charge is 0.338 e. The monoisotopic (exact) mass is 545 g/mol. The maximum atomic E-state index is 15.0. The summed E-state index contributed by atoms with van der Waals surface area (Å²) in [5.74, 6) is 2.69. The van der Waals surface area contributed by atoms with Gasteiger partial charge in [-0.05, 0) is 55.7 Å². The van der Waals surface area contributed by atoms with E-state index in [0.717, 1.165) is 11.4 Å². The molecular weight excluding hydrogens is 517 g/mol. The third-order valence-electron chi connectivity index (χ3n) is 6.80. The molecule has 0 atom stereocenters. The van der Waals surface area contributed by atoms with E-state index in [1.807, 2.05) is 25.1 Å². The van der Waals surface area contributed by atoms with Crippen molar-refractivity contribution in [1.82, 2.24) is 13.7 Å². The summed E-state index contributed by atoms with van der Waals surface area (Å²) in [4.78, 5) is 41.6. The van der Waals surface area contributed by atoms with Gasteiger partial charge in [0.25, 0.3) is 11.1 Å².